The first-order valence-electron chi connectivity index (χ1n) is 18.5. The van der Waals surface area contributed by atoms with Crippen molar-refractivity contribution >= 4 is 74.8 Å². The van der Waals surface area contributed by atoms with E-state index in [0.717, 1.165) is 37.2 Å². The van der Waals surface area contributed by atoms with E-state index in [4.69, 9.17) is 16.3 Å². The number of anilines is 4. The molecule has 0 radical (unpaired) electrons. The highest BCUT2D eigenvalue weighted by molar-refractivity contribution is 7.17. The summed E-state index contributed by atoms with van der Waals surface area (Å²) in [5.41, 5.74) is 3.96. The van der Waals surface area contributed by atoms with E-state index >= 15 is 0 Å². The van der Waals surface area contributed by atoms with Crippen molar-refractivity contribution in [2.75, 3.05) is 42.2 Å². The summed E-state index contributed by atoms with van der Waals surface area (Å²) in [6.07, 6.45) is 4.66. The summed E-state index contributed by atoms with van der Waals surface area (Å²) in [6, 6.07) is 11.8. The van der Waals surface area contributed by atoms with Gasteiger partial charge in [-0.3, -0.25) is 29.3 Å². The number of nitrogens with one attached hydrogen (secondary N) is 4. The Morgan fingerprint density at radius 2 is 1.84 bits per heavy atom. The van der Waals surface area contributed by atoms with Crippen LogP contribution >= 0.6 is 22.9 Å². The fraction of sp³-hybridized carbons (Fsp3) is 0.385. The fourth-order valence-corrected chi connectivity index (χ4v) is 8.13. The third kappa shape index (κ3) is 9.21. The summed E-state index contributed by atoms with van der Waals surface area (Å²) in [5.74, 6) is -0.353. The molecule has 0 spiro atoms. The molecule has 0 bridgehead atoms. The maximum Gasteiger partial charge on any atom is 0.267 e. The van der Waals surface area contributed by atoms with Crippen LogP contribution in [0.3, 0.4) is 0 Å². The van der Waals surface area contributed by atoms with Crippen molar-refractivity contribution in [1.29, 1.82) is 0 Å². The maximum atomic E-state index is 13.1. The highest BCUT2D eigenvalue weighted by Crippen LogP contribution is 2.33. The molecule has 3 aliphatic heterocycles. The van der Waals surface area contributed by atoms with Gasteiger partial charge in [-0.15, -0.1) is 0 Å². The predicted octanol–water partition coefficient (Wildman–Crippen LogP) is 5.01. The van der Waals surface area contributed by atoms with Crippen LogP contribution in [-0.2, 0) is 32.1 Å². The summed E-state index contributed by atoms with van der Waals surface area (Å²) in [6.45, 7) is 6.60. The SMILES string of the molecule is Cc1nc(CCOC2CCN(CCC(=O)Nc3cccc4c3CN(C3CCC(=O)NC3=O)C4=O)CC2)cc(Nc2ncc(C(=O)Nc3c(C)cccc3Cl)s2)n1. The summed E-state index contributed by atoms with van der Waals surface area (Å²) in [7, 11) is 0. The monoisotopic (exact) mass is 799 g/mol. The predicted molar refractivity (Wildman–Crippen MR) is 211 cm³/mol. The second kappa shape index (κ2) is 17.2. The number of hydrogen-bond acceptors (Lipinski definition) is 12. The number of aromatic nitrogens is 3. The molecule has 2 fully saturated rings. The number of hydrogen-bond donors (Lipinski definition) is 4. The molecule has 292 valence electrons. The van der Waals surface area contributed by atoms with E-state index in [0.29, 0.717) is 75.2 Å². The third-order valence-corrected chi connectivity index (χ3v) is 11.3. The zero-order valence-electron chi connectivity index (χ0n) is 31.0. The molecule has 4 N–H and O–H groups in total. The van der Waals surface area contributed by atoms with Crippen LogP contribution in [0.15, 0.2) is 48.7 Å². The number of nitrogens with zero attached hydrogens (tertiary/aromatic N) is 5. The molecule has 1 unspecified atom stereocenters. The van der Waals surface area contributed by atoms with Crippen LogP contribution in [0.5, 0.6) is 0 Å². The Morgan fingerprint density at radius 1 is 1.04 bits per heavy atom. The van der Waals surface area contributed by atoms with Gasteiger partial charge in [0.15, 0.2) is 5.13 Å². The zero-order valence-corrected chi connectivity index (χ0v) is 32.6. The molecular weight excluding hydrogens is 758 g/mol. The Hall–Kier alpha value is -5.29. The van der Waals surface area contributed by atoms with Gasteiger partial charge in [-0.05, 0) is 56.9 Å². The quantitative estimate of drug-likeness (QED) is 0.133. The molecule has 4 aromatic rings. The molecule has 56 heavy (non-hydrogen) atoms. The van der Waals surface area contributed by atoms with Crippen molar-refractivity contribution < 1.29 is 28.7 Å². The molecule has 2 aromatic carbocycles. The fourth-order valence-electron chi connectivity index (χ4n) is 7.14. The van der Waals surface area contributed by atoms with Gasteiger partial charge in [-0.1, -0.05) is 41.1 Å². The molecule has 0 saturated carbocycles. The van der Waals surface area contributed by atoms with E-state index in [1.54, 1.807) is 24.3 Å². The third-order valence-electron chi connectivity index (χ3n) is 10.1. The Labute approximate surface area is 332 Å². The molecule has 2 aromatic heterocycles. The minimum absolute atomic E-state index is 0.104. The van der Waals surface area contributed by atoms with Crippen molar-refractivity contribution in [3.63, 3.8) is 0 Å². The Bertz CT molecular complexity index is 2150. The molecule has 3 aliphatic rings. The van der Waals surface area contributed by atoms with Crippen LogP contribution in [-0.4, -0.2) is 92.7 Å². The number of carbonyl (C=O) groups is 5. The van der Waals surface area contributed by atoms with Gasteiger partial charge in [0.25, 0.3) is 11.8 Å². The Morgan fingerprint density at radius 3 is 2.62 bits per heavy atom. The molecule has 5 amide bonds. The number of halogens is 1. The molecule has 0 aliphatic carbocycles. The van der Waals surface area contributed by atoms with Crippen LogP contribution in [0.2, 0.25) is 5.02 Å². The molecule has 1 atom stereocenters. The van der Waals surface area contributed by atoms with Crippen molar-refractivity contribution in [1.82, 2.24) is 30.1 Å². The Kier molecular flexibility index (Phi) is 12.0. The highest BCUT2D eigenvalue weighted by Gasteiger charge is 2.40. The number of aryl methyl sites for hydroxylation is 2. The van der Waals surface area contributed by atoms with Gasteiger partial charge in [0, 0.05) is 74.0 Å². The average Bonchev–Trinajstić information content (AvgIpc) is 3.77. The van der Waals surface area contributed by atoms with Crippen LogP contribution in [0.4, 0.5) is 22.3 Å². The molecule has 2 saturated heterocycles. The largest absolute Gasteiger partial charge is 0.378 e. The lowest BCUT2D eigenvalue weighted by Gasteiger charge is -2.31. The molecule has 17 heteroatoms. The standard InChI is InChI=1S/C39H42ClN9O6S/c1-22-5-3-7-28(40)35(22)47-37(53)31-20-41-39(56-31)45-32-19-24(42-23(2)43-32)14-18-55-25-11-15-48(16-12-25)17-13-34(51)44-29-8-4-6-26-27(29)21-49(38(26)54)30-9-10-33(50)46-36(30)52/h3-8,19-20,25,30H,9-18,21H2,1-2H3,(H,44,51)(H,47,53)(H,46,50,52)(H,41,42,43,45). The topological polar surface area (TPSA) is 188 Å². The first-order chi connectivity index (χ1) is 27.0. The van der Waals surface area contributed by atoms with E-state index in [2.05, 4.69) is 41.1 Å². The van der Waals surface area contributed by atoms with Crippen molar-refractivity contribution in [2.45, 2.75) is 71.1 Å². The lowest BCUT2D eigenvalue weighted by Crippen LogP contribution is -2.52. The molecular formula is C39H42ClN9O6S. The number of imide groups is 1. The van der Waals surface area contributed by atoms with Gasteiger partial charge < -0.3 is 30.5 Å². The number of para-hydroxylation sites is 1. The molecule has 7 rings (SSSR count). The second-order valence-corrected chi connectivity index (χ2v) is 15.5. The van der Waals surface area contributed by atoms with Gasteiger partial charge in [-0.2, -0.15) is 0 Å². The number of thiazole rings is 1. The number of likely N-dealkylation sites (tertiary alicyclic amines) is 1. The van der Waals surface area contributed by atoms with Crippen LogP contribution in [0.1, 0.15) is 74.8 Å². The summed E-state index contributed by atoms with van der Waals surface area (Å²) in [4.78, 5) is 80.6. The minimum Gasteiger partial charge on any atom is -0.378 e. The van der Waals surface area contributed by atoms with Crippen LogP contribution in [0, 0.1) is 13.8 Å². The summed E-state index contributed by atoms with van der Waals surface area (Å²) in [5, 5.41) is 12.3. The number of fused-ring (bicyclic) bond motifs is 1. The highest BCUT2D eigenvalue weighted by atomic mass is 35.5. The minimum atomic E-state index is -0.715. The van der Waals surface area contributed by atoms with E-state index in [9.17, 15) is 24.0 Å². The van der Waals surface area contributed by atoms with Gasteiger partial charge in [0.05, 0.1) is 29.6 Å². The van der Waals surface area contributed by atoms with E-state index < -0.39 is 11.9 Å². The van der Waals surface area contributed by atoms with Crippen LogP contribution in [0.25, 0.3) is 0 Å². The van der Waals surface area contributed by atoms with Gasteiger partial charge in [-0.25, -0.2) is 15.0 Å². The number of piperidine rings is 2. The van der Waals surface area contributed by atoms with E-state index in [1.165, 1.54) is 22.4 Å². The average molecular weight is 800 g/mol. The number of rotatable bonds is 13. The Balaban J connectivity index is 0.827. The lowest BCUT2D eigenvalue weighted by atomic mass is 10.0. The van der Waals surface area contributed by atoms with Crippen molar-refractivity contribution in [2.24, 2.45) is 0 Å². The van der Waals surface area contributed by atoms with Gasteiger partial charge in [0.1, 0.15) is 22.6 Å². The number of carbonyl (C=O) groups excluding carboxylic acids is 5. The van der Waals surface area contributed by atoms with Gasteiger partial charge >= 0.3 is 0 Å². The lowest BCUT2D eigenvalue weighted by molar-refractivity contribution is -0.137. The molecule has 15 nitrogen and oxygen atoms in total. The summed E-state index contributed by atoms with van der Waals surface area (Å²) >= 11 is 7.48. The van der Waals surface area contributed by atoms with Gasteiger partial charge in [0.2, 0.25) is 17.7 Å². The zero-order chi connectivity index (χ0) is 39.3. The number of benzene rings is 2. The van der Waals surface area contributed by atoms with Crippen LogP contribution < -0.4 is 21.3 Å². The maximum absolute atomic E-state index is 13.1. The van der Waals surface area contributed by atoms with E-state index in [-0.39, 0.29) is 49.1 Å². The second-order valence-electron chi connectivity index (χ2n) is 14.0. The first kappa shape index (κ1) is 39.0. The van der Waals surface area contributed by atoms with Crippen molar-refractivity contribution in [3.05, 3.63) is 86.8 Å². The normalized spacial score (nSPS) is 17.4. The van der Waals surface area contributed by atoms with E-state index in [1.807, 2.05) is 32.0 Å². The number of ether oxygens (including phenoxy) is 1. The first-order valence-corrected chi connectivity index (χ1v) is 19.7. The molecule has 5 heterocycles. The van der Waals surface area contributed by atoms with Crippen molar-refractivity contribution in [3.8, 4) is 0 Å². The summed E-state index contributed by atoms with van der Waals surface area (Å²) < 4.78 is 6.22. The smallest absolute Gasteiger partial charge is 0.267 e. The number of amides is 5.